The van der Waals surface area contributed by atoms with Crippen LogP contribution in [0.15, 0.2) is 41.5 Å². The molecule has 0 nitrogen and oxygen atoms in total. The Kier molecular flexibility index (Phi) is 2.23. The Morgan fingerprint density at radius 2 is 1.47 bits per heavy atom. The van der Waals surface area contributed by atoms with Crippen LogP contribution >= 0.6 is 0 Å². The van der Waals surface area contributed by atoms with E-state index in [1.165, 1.54) is 11.1 Å². The molecule has 90 valence electrons. The zero-order valence-corrected chi connectivity index (χ0v) is 10.6. The summed E-state index contributed by atoms with van der Waals surface area (Å²) < 4.78 is 14.6. The molecule has 17 heavy (non-hydrogen) atoms. The zero-order chi connectivity index (χ0) is 12.1. The number of allylic oxidation sites excluding steroid dienone is 2. The Hall–Kier alpha value is -1.11. The highest BCUT2D eigenvalue weighted by Crippen LogP contribution is 2.57. The Morgan fingerprint density at radius 1 is 0.882 bits per heavy atom. The van der Waals surface area contributed by atoms with E-state index in [1.807, 2.05) is 6.92 Å². The first-order valence-corrected chi connectivity index (χ1v) is 6.51. The summed E-state index contributed by atoms with van der Waals surface area (Å²) in [5, 5.41) is 0. The van der Waals surface area contributed by atoms with Gasteiger partial charge in [-0.2, -0.15) is 0 Å². The van der Waals surface area contributed by atoms with Crippen LogP contribution in [0.5, 0.6) is 0 Å². The van der Waals surface area contributed by atoms with E-state index in [0.717, 1.165) is 18.4 Å². The van der Waals surface area contributed by atoms with E-state index >= 15 is 0 Å². The summed E-state index contributed by atoms with van der Waals surface area (Å²) in [5.41, 5.74) is 2.78. The molecule has 1 aromatic rings. The Balaban J connectivity index is 2.17. The highest BCUT2D eigenvalue weighted by atomic mass is 19.1. The highest BCUT2D eigenvalue weighted by molar-refractivity contribution is 5.45. The normalized spacial score (nSPS) is 36.4. The summed E-state index contributed by atoms with van der Waals surface area (Å²) in [6.45, 7) is 4.13. The summed E-state index contributed by atoms with van der Waals surface area (Å²) in [4.78, 5) is 0. The van der Waals surface area contributed by atoms with Crippen LogP contribution < -0.4 is 0 Å². The predicted molar refractivity (Wildman–Crippen MR) is 68.8 cm³/mol. The summed E-state index contributed by atoms with van der Waals surface area (Å²) in [6.07, 6.45) is 3.34. The van der Waals surface area contributed by atoms with Crippen LogP contribution in [0.4, 0.5) is 4.39 Å². The van der Waals surface area contributed by atoms with Crippen LogP contribution in [0, 0.1) is 0 Å². The van der Waals surface area contributed by atoms with Crippen molar-refractivity contribution in [2.75, 3.05) is 0 Å². The van der Waals surface area contributed by atoms with Crippen LogP contribution in [0.25, 0.3) is 0 Å². The van der Waals surface area contributed by atoms with Gasteiger partial charge >= 0.3 is 0 Å². The molecule has 1 heteroatoms. The van der Waals surface area contributed by atoms with Crippen LogP contribution in [0.3, 0.4) is 0 Å². The average molecular weight is 230 g/mol. The number of rotatable bonds is 1. The van der Waals surface area contributed by atoms with Gasteiger partial charge in [0, 0.05) is 5.41 Å². The lowest BCUT2D eigenvalue weighted by Crippen LogP contribution is -2.46. The van der Waals surface area contributed by atoms with Crippen molar-refractivity contribution >= 4 is 0 Å². The highest BCUT2D eigenvalue weighted by Gasteiger charge is 2.51. The molecule has 0 spiro atoms. The van der Waals surface area contributed by atoms with Gasteiger partial charge in [-0.3, -0.25) is 0 Å². The van der Waals surface area contributed by atoms with Gasteiger partial charge < -0.3 is 0 Å². The fourth-order valence-electron chi connectivity index (χ4n) is 3.78. The largest absolute Gasteiger partial charge is 0.239 e. The van der Waals surface area contributed by atoms with Gasteiger partial charge in [0.2, 0.25) is 0 Å². The number of hydrogen-bond donors (Lipinski definition) is 0. The van der Waals surface area contributed by atoms with Gasteiger partial charge in [0.1, 0.15) is 5.67 Å². The van der Waals surface area contributed by atoms with E-state index in [4.69, 9.17) is 0 Å². The van der Waals surface area contributed by atoms with Crippen molar-refractivity contribution < 1.29 is 4.39 Å². The topological polar surface area (TPSA) is 0 Å². The van der Waals surface area contributed by atoms with E-state index in [-0.39, 0.29) is 5.41 Å². The molecule has 0 saturated heterocycles. The number of hydrogen-bond acceptors (Lipinski definition) is 0. The number of halogens is 1. The van der Waals surface area contributed by atoms with Crippen LogP contribution in [-0.4, -0.2) is 5.67 Å². The van der Waals surface area contributed by atoms with E-state index in [0.29, 0.717) is 12.8 Å². The van der Waals surface area contributed by atoms with Crippen molar-refractivity contribution in [1.82, 2.24) is 0 Å². The number of benzene rings is 1. The molecule has 4 rings (SSSR count). The van der Waals surface area contributed by atoms with E-state index in [1.54, 1.807) is 0 Å². The fourth-order valence-corrected chi connectivity index (χ4v) is 3.78. The third kappa shape index (κ3) is 1.34. The quantitative estimate of drug-likeness (QED) is 0.620. The SMILES string of the molecule is CC1=C(C)C2(c3ccccc3)CCC1(F)CC2. The van der Waals surface area contributed by atoms with Crippen molar-refractivity contribution in [3.05, 3.63) is 47.0 Å². The molecule has 1 aromatic carbocycles. The van der Waals surface area contributed by atoms with E-state index < -0.39 is 5.67 Å². The predicted octanol–water partition coefficient (Wildman–Crippen LogP) is 4.56. The minimum atomic E-state index is -0.999. The summed E-state index contributed by atoms with van der Waals surface area (Å²) >= 11 is 0. The van der Waals surface area contributed by atoms with Crippen LogP contribution in [0.2, 0.25) is 0 Å². The summed E-state index contributed by atoms with van der Waals surface area (Å²) in [6, 6.07) is 10.6. The smallest absolute Gasteiger partial charge is 0.132 e. The molecule has 0 atom stereocenters. The van der Waals surface area contributed by atoms with E-state index in [2.05, 4.69) is 37.3 Å². The fraction of sp³-hybridized carbons (Fsp3) is 0.500. The Labute approximate surface area is 103 Å². The van der Waals surface area contributed by atoms with Gasteiger partial charge in [-0.15, -0.1) is 0 Å². The number of alkyl halides is 1. The van der Waals surface area contributed by atoms with Crippen molar-refractivity contribution in [1.29, 1.82) is 0 Å². The second kappa shape index (κ2) is 3.44. The lowest BCUT2D eigenvalue weighted by atomic mass is 9.55. The molecule has 3 aliphatic carbocycles. The standard InChI is InChI=1S/C16H19F/c1-12-13(2)16(17)10-8-15(12,9-11-16)14-6-4-3-5-7-14/h3-7H,8-11H2,1-2H3. The zero-order valence-electron chi connectivity index (χ0n) is 10.6. The molecule has 0 aliphatic heterocycles. The molecule has 2 bridgehead atoms. The molecule has 1 saturated carbocycles. The molecular formula is C16H19F. The molecule has 0 amide bonds. The van der Waals surface area contributed by atoms with Gasteiger partial charge in [0.25, 0.3) is 0 Å². The lowest BCUT2D eigenvalue weighted by molar-refractivity contribution is 0.0904. The first kappa shape index (κ1) is 11.0. The van der Waals surface area contributed by atoms with Gasteiger partial charge in [-0.25, -0.2) is 4.39 Å². The second-order valence-corrected chi connectivity index (χ2v) is 5.66. The van der Waals surface area contributed by atoms with Crippen molar-refractivity contribution in [2.45, 2.75) is 50.6 Å². The van der Waals surface area contributed by atoms with Crippen LogP contribution in [-0.2, 0) is 5.41 Å². The maximum atomic E-state index is 14.6. The lowest BCUT2D eigenvalue weighted by Gasteiger charge is -2.51. The Bertz CT molecular complexity index is 462. The van der Waals surface area contributed by atoms with Gasteiger partial charge in [0.15, 0.2) is 0 Å². The average Bonchev–Trinajstić information content (AvgIpc) is 2.38. The molecule has 0 heterocycles. The minimum Gasteiger partial charge on any atom is -0.239 e. The minimum absolute atomic E-state index is 0.124. The van der Waals surface area contributed by atoms with Gasteiger partial charge in [0.05, 0.1) is 0 Å². The van der Waals surface area contributed by atoms with E-state index in [9.17, 15) is 4.39 Å². The second-order valence-electron chi connectivity index (χ2n) is 5.66. The molecule has 3 aliphatic rings. The molecule has 0 aromatic heterocycles. The first-order chi connectivity index (χ1) is 8.08. The van der Waals surface area contributed by atoms with Crippen LogP contribution in [0.1, 0.15) is 45.1 Å². The molecule has 0 unspecified atom stereocenters. The number of fused-ring (bicyclic) bond motifs is 2. The molecule has 0 N–H and O–H groups in total. The Morgan fingerprint density at radius 3 is 2.06 bits per heavy atom. The van der Waals surface area contributed by atoms with Gasteiger partial charge in [-0.1, -0.05) is 35.9 Å². The van der Waals surface area contributed by atoms with Crippen molar-refractivity contribution in [3.8, 4) is 0 Å². The monoisotopic (exact) mass is 230 g/mol. The maximum Gasteiger partial charge on any atom is 0.132 e. The summed E-state index contributed by atoms with van der Waals surface area (Å²) in [7, 11) is 0. The third-order valence-electron chi connectivity index (χ3n) is 5.17. The van der Waals surface area contributed by atoms with Crippen molar-refractivity contribution in [3.63, 3.8) is 0 Å². The molecule has 0 radical (unpaired) electrons. The first-order valence-electron chi connectivity index (χ1n) is 6.51. The summed E-state index contributed by atoms with van der Waals surface area (Å²) in [5.74, 6) is 0. The van der Waals surface area contributed by atoms with Crippen molar-refractivity contribution in [2.24, 2.45) is 0 Å². The third-order valence-corrected chi connectivity index (χ3v) is 5.17. The molecular weight excluding hydrogens is 211 g/mol. The van der Waals surface area contributed by atoms with Gasteiger partial charge in [-0.05, 0) is 50.7 Å². The maximum absolute atomic E-state index is 14.6. The molecule has 1 fully saturated rings.